The molecule has 0 aliphatic carbocycles. The van der Waals surface area contributed by atoms with E-state index in [0.29, 0.717) is 11.7 Å². The third-order valence-electron chi connectivity index (χ3n) is 3.66. The molecule has 1 aliphatic heterocycles. The number of hydrogen-bond acceptors (Lipinski definition) is 5. The summed E-state index contributed by atoms with van der Waals surface area (Å²) >= 11 is 0. The van der Waals surface area contributed by atoms with Crippen LogP contribution in [0, 0.1) is 0 Å². The second-order valence-corrected chi connectivity index (χ2v) is 4.86. The number of nitrogens with one attached hydrogen (secondary N) is 1. The van der Waals surface area contributed by atoms with E-state index in [1.54, 1.807) is 0 Å². The van der Waals surface area contributed by atoms with E-state index < -0.39 is 0 Å². The van der Waals surface area contributed by atoms with E-state index in [0.717, 1.165) is 38.0 Å². The first-order valence-corrected chi connectivity index (χ1v) is 6.60. The molecule has 0 amide bonds. The minimum Gasteiger partial charge on any atom is -0.396 e. The Kier molecular flexibility index (Phi) is 3.20. The van der Waals surface area contributed by atoms with Gasteiger partial charge in [0, 0.05) is 25.3 Å². The lowest BCUT2D eigenvalue weighted by Crippen LogP contribution is -2.30. The van der Waals surface area contributed by atoms with Crippen LogP contribution < -0.4 is 10.6 Å². The van der Waals surface area contributed by atoms with Crippen LogP contribution in [-0.2, 0) is 0 Å². The summed E-state index contributed by atoms with van der Waals surface area (Å²) in [7, 11) is 0. The summed E-state index contributed by atoms with van der Waals surface area (Å²) in [6.45, 7) is 1.19. The van der Waals surface area contributed by atoms with Crippen LogP contribution in [0.1, 0.15) is 25.7 Å². The van der Waals surface area contributed by atoms with Crippen LogP contribution in [0.3, 0.4) is 0 Å². The van der Waals surface area contributed by atoms with Gasteiger partial charge in [-0.1, -0.05) is 0 Å². The molecule has 3 rings (SSSR count). The number of aliphatic hydroxyl groups excluding tert-OH is 1. The molecule has 0 bridgehead atoms. The average molecular weight is 263 g/mol. The molecule has 2 aromatic rings. The van der Waals surface area contributed by atoms with Crippen molar-refractivity contribution in [1.82, 2.24) is 19.6 Å². The minimum atomic E-state index is -0.271. The predicted molar refractivity (Wildman–Crippen MR) is 70.3 cm³/mol. The Morgan fingerprint density at radius 1 is 1.53 bits per heavy atom. The SMILES string of the molecule is O=c1[nH]nc2cc(N3CCCC3CCCO)ncn12. The highest BCUT2D eigenvalue weighted by Gasteiger charge is 2.25. The van der Waals surface area contributed by atoms with Gasteiger partial charge in [0.1, 0.15) is 12.1 Å². The van der Waals surface area contributed by atoms with Crippen molar-refractivity contribution < 1.29 is 5.11 Å². The molecule has 1 atom stereocenters. The molecule has 0 radical (unpaired) electrons. The first-order chi connectivity index (χ1) is 9.29. The number of aliphatic hydroxyl groups is 1. The maximum atomic E-state index is 11.4. The molecule has 0 aromatic carbocycles. The van der Waals surface area contributed by atoms with Gasteiger partial charge in [-0.3, -0.25) is 0 Å². The van der Waals surface area contributed by atoms with Gasteiger partial charge in [0.25, 0.3) is 0 Å². The van der Waals surface area contributed by atoms with Crippen LogP contribution in [0.4, 0.5) is 5.82 Å². The van der Waals surface area contributed by atoms with Gasteiger partial charge in [0.05, 0.1) is 0 Å². The van der Waals surface area contributed by atoms with Crippen LogP contribution in [0.2, 0.25) is 0 Å². The number of aromatic nitrogens is 4. The Morgan fingerprint density at radius 2 is 2.42 bits per heavy atom. The predicted octanol–water partition coefficient (Wildman–Crippen LogP) is 0.159. The average Bonchev–Trinajstić information content (AvgIpc) is 3.03. The van der Waals surface area contributed by atoms with E-state index in [1.807, 2.05) is 6.07 Å². The third-order valence-corrected chi connectivity index (χ3v) is 3.66. The summed E-state index contributed by atoms with van der Waals surface area (Å²) in [6.07, 6.45) is 5.55. The molecule has 0 spiro atoms. The Labute approximate surface area is 109 Å². The van der Waals surface area contributed by atoms with E-state index in [1.165, 1.54) is 10.7 Å². The summed E-state index contributed by atoms with van der Waals surface area (Å²) in [5, 5.41) is 15.3. The van der Waals surface area contributed by atoms with Crippen molar-refractivity contribution >= 4 is 11.5 Å². The zero-order valence-corrected chi connectivity index (χ0v) is 10.6. The molecule has 2 N–H and O–H groups in total. The molecule has 2 aromatic heterocycles. The van der Waals surface area contributed by atoms with Crippen LogP contribution in [-0.4, -0.2) is 43.9 Å². The fraction of sp³-hybridized carbons (Fsp3) is 0.583. The van der Waals surface area contributed by atoms with Crippen molar-refractivity contribution in [1.29, 1.82) is 0 Å². The highest BCUT2D eigenvalue weighted by atomic mass is 16.3. The van der Waals surface area contributed by atoms with Crippen molar-refractivity contribution in [2.75, 3.05) is 18.1 Å². The normalized spacial score (nSPS) is 19.4. The number of rotatable bonds is 4. The van der Waals surface area contributed by atoms with E-state index in [9.17, 15) is 4.79 Å². The fourth-order valence-corrected chi connectivity index (χ4v) is 2.72. The van der Waals surface area contributed by atoms with Gasteiger partial charge < -0.3 is 10.0 Å². The molecule has 0 saturated carbocycles. The van der Waals surface area contributed by atoms with Gasteiger partial charge in [0.2, 0.25) is 0 Å². The van der Waals surface area contributed by atoms with E-state index in [2.05, 4.69) is 20.1 Å². The Morgan fingerprint density at radius 3 is 3.26 bits per heavy atom. The lowest BCUT2D eigenvalue weighted by atomic mass is 10.1. The van der Waals surface area contributed by atoms with Gasteiger partial charge in [-0.05, 0) is 25.7 Å². The van der Waals surface area contributed by atoms with Crippen LogP contribution in [0.5, 0.6) is 0 Å². The molecular weight excluding hydrogens is 246 g/mol. The van der Waals surface area contributed by atoms with Crippen molar-refractivity contribution in [2.45, 2.75) is 31.7 Å². The zero-order valence-electron chi connectivity index (χ0n) is 10.6. The van der Waals surface area contributed by atoms with Crippen molar-refractivity contribution in [3.8, 4) is 0 Å². The van der Waals surface area contributed by atoms with E-state index in [4.69, 9.17) is 5.11 Å². The van der Waals surface area contributed by atoms with Crippen LogP contribution >= 0.6 is 0 Å². The summed E-state index contributed by atoms with van der Waals surface area (Å²) in [5.41, 5.74) is 0.315. The third kappa shape index (κ3) is 2.21. The largest absolute Gasteiger partial charge is 0.396 e. The van der Waals surface area contributed by atoms with Crippen LogP contribution in [0.25, 0.3) is 5.65 Å². The first-order valence-electron chi connectivity index (χ1n) is 6.60. The molecule has 102 valence electrons. The summed E-state index contributed by atoms with van der Waals surface area (Å²) in [6, 6.07) is 2.25. The van der Waals surface area contributed by atoms with Crippen molar-refractivity contribution in [2.24, 2.45) is 0 Å². The molecule has 1 fully saturated rings. The summed E-state index contributed by atoms with van der Waals surface area (Å²) in [4.78, 5) is 18.0. The highest BCUT2D eigenvalue weighted by molar-refractivity contribution is 5.51. The molecule has 3 heterocycles. The molecule has 7 heteroatoms. The standard InChI is InChI=1S/C12H17N5O2/c18-6-2-4-9-3-1-5-16(9)10-7-11-14-15-12(19)17(11)8-13-10/h7-9,18H,1-6H2,(H,15,19). The van der Waals surface area contributed by atoms with Crippen molar-refractivity contribution in [3.63, 3.8) is 0 Å². The fourth-order valence-electron chi connectivity index (χ4n) is 2.72. The molecule has 1 unspecified atom stereocenters. The highest BCUT2D eigenvalue weighted by Crippen LogP contribution is 2.26. The number of fused-ring (bicyclic) bond motifs is 1. The zero-order chi connectivity index (χ0) is 13.2. The van der Waals surface area contributed by atoms with Gasteiger partial charge in [-0.15, -0.1) is 0 Å². The molecular formula is C12H17N5O2. The van der Waals surface area contributed by atoms with E-state index >= 15 is 0 Å². The quantitative estimate of drug-likeness (QED) is 0.820. The second kappa shape index (κ2) is 5.00. The second-order valence-electron chi connectivity index (χ2n) is 4.86. The smallest absolute Gasteiger partial charge is 0.348 e. The van der Waals surface area contributed by atoms with Crippen LogP contribution in [0.15, 0.2) is 17.2 Å². The number of aromatic amines is 1. The lowest BCUT2D eigenvalue weighted by Gasteiger charge is -2.25. The molecule has 7 nitrogen and oxygen atoms in total. The molecule has 19 heavy (non-hydrogen) atoms. The molecule has 1 saturated heterocycles. The summed E-state index contributed by atoms with van der Waals surface area (Å²) in [5.74, 6) is 0.854. The number of anilines is 1. The molecule has 1 aliphatic rings. The number of H-pyrrole nitrogens is 1. The van der Waals surface area contributed by atoms with Gasteiger partial charge >= 0.3 is 5.69 Å². The van der Waals surface area contributed by atoms with E-state index in [-0.39, 0.29) is 12.3 Å². The monoisotopic (exact) mass is 263 g/mol. The first kappa shape index (κ1) is 12.2. The maximum absolute atomic E-state index is 11.4. The van der Waals surface area contributed by atoms with Gasteiger partial charge in [-0.25, -0.2) is 19.3 Å². The minimum absolute atomic E-state index is 0.228. The van der Waals surface area contributed by atoms with Gasteiger partial charge in [0.15, 0.2) is 5.65 Å². The number of nitrogens with zero attached hydrogens (tertiary/aromatic N) is 4. The Hall–Kier alpha value is -1.89. The summed E-state index contributed by atoms with van der Waals surface area (Å²) < 4.78 is 1.39. The Balaban J connectivity index is 1.88. The van der Waals surface area contributed by atoms with Crippen molar-refractivity contribution in [3.05, 3.63) is 22.9 Å². The maximum Gasteiger partial charge on any atom is 0.348 e. The van der Waals surface area contributed by atoms with Gasteiger partial charge in [-0.2, -0.15) is 5.10 Å². The lowest BCUT2D eigenvalue weighted by molar-refractivity contribution is 0.279. The topological polar surface area (TPSA) is 86.5 Å². The number of hydrogen-bond donors (Lipinski definition) is 2. The Bertz CT molecular complexity index is 620.